The number of carbonyl (C=O) groups is 1. The number of anilines is 1. The van der Waals surface area contributed by atoms with Crippen LogP contribution in [0.1, 0.15) is 13.8 Å². The Morgan fingerprint density at radius 3 is 2.76 bits per heavy atom. The number of amides is 1. The Labute approximate surface area is 136 Å². The van der Waals surface area contributed by atoms with Crippen molar-refractivity contribution in [2.24, 2.45) is 0 Å². The molecule has 2 rings (SSSR count). The number of carbonyl (C=O) groups excluding carboxylic acids is 1. The monoisotopic (exact) mass is 343 g/mol. The molecule has 1 N–H and O–H groups in total. The van der Waals surface area contributed by atoms with Gasteiger partial charge in [-0.2, -0.15) is 0 Å². The van der Waals surface area contributed by atoms with Crippen LogP contribution in [-0.4, -0.2) is 28.0 Å². The van der Waals surface area contributed by atoms with Crippen molar-refractivity contribution in [3.05, 3.63) is 29.3 Å². The fourth-order valence-corrected chi connectivity index (χ4v) is 3.46. The summed E-state index contributed by atoms with van der Waals surface area (Å²) < 4.78 is 6.18. The highest BCUT2D eigenvalue weighted by Crippen LogP contribution is 2.28. The third-order valence-corrected chi connectivity index (χ3v) is 4.35. The minimum absolute atomic E-state index is 0.0894. The van der Waals surface area contributed by atoms with Crippen LogP contribution in [0.2, 0.25) is 5.02 Å². The van der Waals surface area contributed by atoms with Crippen LogP contribution in [0.5, 0.6) is 5.75 Å². The van der Waals surface area contributed by atoms with Crippen LogP contribution in [-0.2, 0) is 4.79 Å². The van der Waals surface area contributed by atoms with Gasteiger partial charge in [-0.25, -0.2) is 0 Å². The average molecular weight is 344 g/mol. The van der Waals surface area contributed by atoms with E-state index in [0.717, 1.165) is 4.34 Å². The quantitative estimate of drug-likeness (QED) is 0.640. The number of hydrogen-bond donors (Lipinski definition) is 1. The van der Waals surface area contributed by atoms with Crippen LogP contribution in [0.3, 0.4) is 0 Å². The predicted molar refractivity (Wildman–Crippen MR) is 86.5 cm³/mol. The third-order valence-electron chi connectivity index (χ3n) is 2.17. The smallest absolute Gasteiger partial charge is 0.264 e. The molecule has 0 fully saturated rings. The van der Waals surface area contributed by atoms with Crippen LogP contribution in [0.15, 0.2) is 28.6 Å². The summed E-state index contributed by atoms with van der Waals surface area (Å²) in [6.07, 6.45) is 0. The number of hydrogen-bond acceptors (Lipinski definition) is 6. The lowest BCUT2D eigenvalue weighted by atomic mass is 10.3. The zero-order valence-corrected chi connectivity index (χ0v) is 13.9. The highest BCUT2D eigenvalue weighted by molar-refractivity contribution is 8.01. The van der Waals surface area contributed by atoms with Crippen molar-refractivity contribution in [2.45, 2.75) is 23.4 Å². The first kappa shape index (κ1) is 16.1. The Morgan fingerprint density at radius 2 is 2.10 bits per heavy atom. The summed E-state index contributed by atoms with van der Waals surface area (Å²) in [5, 5.41) is 12.1. The van der Waals surface area contributed by atoms with Gasteiger partial charge in [0.2, 0.25) is 5.13 Å². The van der Waals surface area contributed by atoms with Gasteiger partial charge in [0.05, 0.1) is 0 Å². The van der Waals surface area contributed by atoms with Crippen molar-refractivity contribution in [1.29, 1.82) is 0 Å². The number of halogens is 1. The molecular formula is C13H14ClN3O2S2. The normalized spacial score (nSPS) is 10.7. The van der Waals surface area contributed by atoms with Gasteiger partial charge in [0.1, 0.15) is 5.75 Å². The molecule has 0 saturated heterocycles. The Kier molecular flexibility index (Phi) is 5.84. The van der Waals surface area contributed by atoms with Gasteiger partial charge in [0.15, 0.2) is 10.9 Å². The highest BCUT2D eigenvalue weighted by Gasteiger charge is 2.10. The molecule has 8 heteroatoms. The molecule has 0 atom stereocenters. The second-order valence-electron chi connectivity index (χ2n) is 4.33. The molecule has 1 aromatic carbocycles. The average Bonchev–Trinajstić information content (AvgIpc) is 2.84. The van der Waals surface area contributed by atoms with E-state index in [0.29, 0.717) is 21.2 Å². The molecule has 0 aliphatic carbocycles. The van der Waals surface area contributed by atoms with Gasteiger partial charge in [-0.3, -0.25) is 10.1 Å². The van der Waals surface area contributed by atoms with Crippen LogP contribution >= 0.6 is 34.7 Å². The van der Waals surface area contributed by atoms with Gasteiger partial charge in [-0.05, 0) is 24.3 Å². The predicted octanol–water partition coefficient (Wildman–Crippen LogP) is 3.71. The van der Waals surface area contributed by atoms with Crippen LogP contribution in [0, 0.1) is 0 Å². The first-order valence-electron chi connectivity index (χ1n) is 6.21. The molecule has 0 aliphatic heterocycles. The number of ether oxygens (including phenoxy) is 1. The maximum Gasteiger partial charge on any atom is 0.264 e. The molecule has 21 heavy (non-hydrogen) atoms. The van der Waals surface area contributed by atoms with E-state index in [1.165, 1.54) is 11.3 Å². The molecule has 0 radical (unpaired) electrons. The fraction of sp³-hybridized carbons (Fsp3) is 0.308. The van der Waals surface area contributed by atoms with Gasteiger partial charge in [0, 0.05) is 10.3 Å². The van der Waals surface area contributed by atoms with Gasteiger partial charge >= 0.3 is 0 Å². The molecular weight excluding hydrogens is 330 g/mol. The Balaban J connectivity index is 1.81. The van der Waals surface area contributed by atoms with Crippen LogP contribution in [0.4, 0.5) is 5.13 Å². The lowest BCUT2D eigenvalue weighted by Crippen LogP contribution is -2.20. The second-order valence-corrected chi connectivity index (χ2v) is 7.57. The molecule has 2 aromatic rings. The van der Waals surface area contributed by atoms with Gasteiger partial charge < -0.3 is 4.74 Å². The van der Waals surface area contributed by atoms with E-state index in [2.05, 4.69) is 29.4 Å². The maximum atomic E-state index is 11.8. The number of aromatic nitrogens is 2. The van der Waals surface area contributed by atoms with E-state index in [1.807, 2.05) is 0 Å². The summed E-state index contributed by atoms with van der Waals surface area (Å²) >= 11 is 8.73. The molecule has 112 valence electrons. The molecule has 0 spiro atoms. The largest absolute Gasteiger partial charge is 0.484 e. The van der Waals surface area contributed by atoms with Crippen molar-refractivity contribution in [3.63, 3.8) is 0 Å². The first-order chi connectivity index (χ1) is 10.0. The lowest BCUT2D eigenvalue weighted by Gasteiger charge is -2.05. The van der Waals surface area contributed by atoms with Crippen LogP contribution < -0.4 is 10.1 Å². The maximum absolute atomic E-state index is 11.8. The van der Waals surface area contributed by atoms with E-state index in [-0.39, 0.29) is 12.5 Å². The number of rotatable bonds is 6. The summed E-state index contributed by atoms with van der Waals surface area (Å²) in [7, 11) is 0. The first-order valence-corrected chi connectivity index (χ1v) is 8.28. The zero-order chi connectivity index (χ0) is 15.2. The summed E-state index contributed by atoms with van der Waals surface area (Å²) in [5.74, 6) is 0.310. The van der Waals surface area contributed by atoms with Gasteiger partial charge in [0.25, 0.3) is 5.91 Å². The molecule has 1 heterocycles. The van der Waals surface area contributed by atoms with Crippen molar-refractivity contribution < 1.29 is 9.53 Å². The van der Waals surface area contributed by atoms with Crippen molar-refractivity contribution >= 4 is 45.7 Å². The van der Waals surface area contributed by atoms with E-state index < -0.39 is 0 Å². The number of benzene rings is 1. The molecule has 0 unspecified atom stereocenters. The number of nitrogens with zero attached hydrogens (tertiary/aromatic N) is 2. The fourth-order valence-electron chi connectivity index (χ4n) is 1.34. The number of nitrogens with one attached hydrogen (secondary N) is 1. The lowest BCUT2D eigenvalue weighted by molar-refractivity contribution is -0.118. The van der Waals surface area contributed by atoms with Crippen molar-refractivity contribution in [3.8, 4) is 5.75 Å². The van der Waals surface area contributed by atoms with Crippen molar-refractivity contribution in [1.82, 2.24) is 10.2 Å². The molecule has 0 aliphatic rings. The number of thioether (sulfide) groups is 1. The molecule has 0 bridgehead atoms. The minimum atomic E-state index is -0.276. The van der Waals surface area contributed by atoms with Crippen LogP contribution in [0.25, 0.3) is 0 Å². The standard InChI is InChI=1S/C13H14ClN3O2S2/c1-8(2)20-13-17-16-12(21-13)15-11(18)7-19-10-5-3-9(14)4-6-10/h3-6,8H,7H2,1-2H3,(H,15,16,18). The summed E-state index contributed by atoms with van der Waals surface area (Å²) in [4.78, 5) is 11.8. The van der Waals surface area contributed by atoms with Crippen molar-refractivity contribution in [2.75, 3.05) is 11.9 Å². The Morgan fingerprint density at radius 1 is 1.38 bits per heavy atom. The topological polar surface area (TPSA) is 64.1 Å². The molecule has 5 nitrogen and oxygen atoms in total. The van der Waals surface area contributed by atoms with E-state index in [1.54, 1.807) is 36.0 Å². The van der Waals surface area contributed by atoms with Gasteiger partial charge in [-0.1, -0.05) is 48.5 Å². The molecule has 1 amide bonds. The molecule has 1 aromatic heterocycles. The SMILES string of the molecule is CC(C)Sc1nnc(NC(=O)COc2ccc(Cl)cc2)s1. The summed E-state index contributed by atoms with van der Waals surface area (Å²) in [5.41, 5.74) is 0. The molecule has 0 saturated carbocycles. The third kappa shape index (κ3) is 5.53. The van der Waals surface area contributed by atoms with E-state index >= 15 is 0 Å². The Hall–Kier alpha value is -1.31. The zero-order valence-electron chi connectivity index (χ0n) is 11.5. The van der Waals surface area contributed by atoms with E-state index in [4.69, 9.17) is 16.3 Å². The summed E-state index contributed by atoms with van der Waals surface area (Å²) in [6, 6.07) is 6.82. The van der Waals surface area contributed by atoms with Gasteiger partial charge in [-0.15, -0.1) is 10.2 Å². The second kappa shape index (κ2) is 7.63. The van der Waals surface area contributed by atoms with E-state index in [9.17, 15) is 4.79 Å². The highest BCUT2D eigenvalue weighted by atomic mass is 35.5. The minimum Gasteiger partial charge on any atom is -0.484 e. The Bertz CT molecular complexity index is 602. The summed E-state index contributed by atoms with van der Waals surface area (Å²) in [6.45, 7) is 4.06.